The van der Waals surface area contributed by atoms with Crippen LogP contribution in [0.2, 0.25) is 0 Å². The van der Waals surface area contributed by atoms with Crippen molar-refractivity contribution in [3.8, 4) is 0 Å². The minimum absolute atomic E-state index is 0.894. The summed E-state index contributed by atoms with van der Waals surface area (Å²) in [5, 5.41) is 10.4. The summed E-state index contributed by atoms with van der Waals surface area (Å²) in [6.45, 7) is 0.894. The van der Waals surface area contributed by atoms with Gasteiger partial charge in [0.15, 0.2) is 0 Å². The van der Waals surface area contributed by atoms with E-state index >= 15 is 0 Å². The molecule has 1 N–H and O–H groups in total. The van der Waals surface area contributed by atoms with Crippen molar-refractivity contribution in [3.05, 3.63) is 28.0 Å². The van der Waals surface area contributed by atoms with E-state index in [2.05, 4.69) is 4.90 Å². The maximum atomic E-state index is 10.3. The Hall–Kier alpha value is -1.13. The van der Waals surface area contributed by atoms with E-state index in [-0.39, 0.29) is 0 Å². The molecule has 0 aromatic carbocycles. The van der Waals surface area contributed by atoms with Crippen molar-refractivity contribution < 1.29 is 9.90 Å². The van der Waals surface area contributed by atoms with E-state index < -0.39 is 5.97 Å². The van der Waals surface area contributed by atoms with Gasteiger partial charge in [-0.2, -0.15) is 0 Å². The van der Waals surface area contributed by atoms with Crippen LogP contribution in [0.3, 0.4) is 0 Å². The van der Waals surface area contributed by atoms with E-state index in [1.807, 2.05) is 25.5 Å². The number of nitrogens with zero attached hydrogens (tertiary/aromatic N) is 1. The highest BCUT2D eigenvalue weighted by Crippen LogP contribution is 2.16. The van der Waals surface area contributed by atoms with Gasteiger partial charge in [-0.25, -0.2) is 4.79 Å². The van der Waals surface area contributed by atoms with Gasteiger partial charge in [0.05, 0.1) is 0 Å². The normalized spacial score (nSPS) is 11.4. The van der Waals surface area contributed by atoms with E-state index in [0.29, 0.717) is 0 Å². The summed E-state index contributed by atoms with van der Waals surface area (Å²) < 4.78 is 0. The van der Waals surface area contributed by atoms with Gasteiger partial charge in [0, 0.05) is 17.5 Å². The fourth-order valence-corrected chi connectivity index (χ4v) is 2.02. The van der Waals surface area contributed by atoms with Gasteiger partial charge in [-0.15, -0.1) is 11.3 Å². The molecule has 0 amide bonds. The molecular formula is C10H13NO2S. The fraction of sp³-hybridized carbons (Fsp3) is 0.300. The number of carboxylic acids is 1. The number of aliphatic carboxylic acids is 1. The van der Waals surface area contributed by atoms with E-state index in [0.717, 1.165) is 18.2 Å². The van der Waals surface area contributed by atoms with Crippen molar-refractivity contribution in [1.82, 2.24) is 4.90 Å². The molecule has 4 heteroatoms. The second-order valence-electron chi connectivity index (χ2n) is 3.26. The molecule has 1 aromatic heterocycles. The third-order valence-corrected chi connectivity index (χ3v) is 2.50. The first-order chi connectivity index (χ1) is 6.58. The van der Waals surface area contributed by atoms with Crippen molar-refractivity contribution in [2.45, 2.75) is 6.54 Å². The van der Waals surface area contributed by atoms with Crippen LogP contribution >= 0.6 is 11.3 Å². The monoisotopic (exact) mass is 211 g/mol. The molecule has 0 aliphatic heterocycles. The third-order valence-electron chi connectivity index (χ3n) is 1.56. The van der Waals surface area contributed by atoms with Crippen LogP contribution in [0.5, 0.6) is 0 Å². The number of carbonyl (C=O) groups is 1. The molecule has 0 bridgehead atoms. The average molecular weight is 211 g/mol. The minimum Gasteiger partial charge on any atom is -0.478 e. The molecule has 1 aromatic rings. The van der Waals surface area contributed by atoms with Crippen LogP contribution in [0.15, 0.2) is 17.5 Å². The first-order valence-electron chi connectivity index (χ1n) is 4.21. The molecular weight excluding hydrogens is 198 g/mol. The highest BCUT2D eigenvalue weighted by molar-refractivity contribution is 7.10. The Morgan fingerprint density at radius 2 is 2.36 bits per heavy atom. The largest absolute Gasteiger partial charge is 0.478 e. The van der Waals surface area contributed by atoms with Crippen LogP contribution in [-0.4, -0.2) is 30.1 Å². The predicted molar refractivity (Wildman–Crippen MR) is 58.4 cm³/mol. The lowest BCUT2D eigenvalue weighted by atomic mass is 10.3. The smallest absolute Gasteiger partial charge is 0.328 e. The molecule has 0 atom stereocenters. The lowest BCUT2D eigenvalue weighted by Gasteiger charge is -2.05. The summed E-state index contributed by atoms with van der Waals surface area (Å²) in [7, 11) is 4.01. The number of hydrogen-bond donors (Lipinski definition) is 1. The lowest BCUT2D eigenvalue weighted by Crippen LogP contribution is -2.09. The van der Waals surface area contributed by atoms with Gasteiger partial charge in [0.1, 0.15) is 0 Å². The summed E-state index contributed by atoms with van der Waals surface area (Å²) in [4.78, 5) is 13.6. The Bertz CT molecular complexity index is 342. The maximum absolute atomic E-state index is 10.3. The van der Waals surface area contributed by atoms with Crippen molar-refractivity contribution in [3.63, 3.8) is 0 Å². The number of rotatable bonds is 4. The average Bonchev–Trinajstić information content (AvgIpc) is 2.47. The second kappa shape index (κ2) is 4.93. The lowest BCUT2D eigenvalue weighted by molar-refractivity contribution is -0.131. The Balaban J connectivity index is 2.63. The zero-order valence-corrected chi connectivity index (χ0v) is 9.04. The van der Waals surface area contributed by atoms with Crippen molar-refractivity contribution in [1.29, 1.82) is 0 Å². The first kappa shape index (κ1) is 10.9. The summed E-state index contributed by atoms with van der Waals surface area (Å²) in [6, 6.07) is 2.00. The van der Waals surface area contributed by atoms with Crippen LogP contribution in [0.1, 0.15) is 10.4 Å². The number of hydrogen-bond acceptors (Lipinski definition) is 3. The van der Waals surface area contributed by atoms with Crippen molar-refractivity contribution >= 4 is 23.4 Å². The third kappa shape index (κ3) is 3.72. The highest BCUT2D eigenvalue weighted by atomic mass is 32.1. The van der Waals surface area contributed by atoms with Crippen LogP contribution in [0.25, 0.3) is 6.08 Å². The quantitative estimate of drug-likeness (QED) is 0.773. The Labute approximate surface area is 87.3 Å². The Kier molecular flexibility index (Phi) is 3.85. The zero-order chi connectivity index (χ0) is 10.6. The van der Waals surface area contributed by atoms with E-state index in [1.165, 1.54) is 4.88 Å². The first-order valence-corrected chi connectivity index (χ1v) is 5.09. The molecule has 0 aliphatic carbocycles. The minimum atomic E-state index is -0.912. The number of thiophene rings is 1. The van der Waals surface area contributed by atoms with Gasteiger partial charge in [-0.1, -0.05) is 0 Å². The molecule has 76 valence electrons. The molecule has 14 heavy (non-hydrogen) atoms. The molecule has 0 radical (unpaired) electrons. The van der Waals surface area contributed by atoms with Crippen LogP contribution < -0.4 is 0 Å². The maximum Gasteiger partial charge on any atom is 0.328 e. The summed E-state index contributed by atoms with van der Waals surface area (Å²) in [5.74, 6) is -0.912. The standard InChI is InChI=1S/C10H13NO2S/c1-11(2)6-9-5-8(7-14-9)3-4-10(12)13/h3-5,7H,6H2,1-2H3,(H,12,13). The van der Waals surface area contributed by atoms with Crippen molar-refractivity contribution in [2.24, 2.45) is 0 Å². The molecule has 0 saturated heterocycles. The Morgan fingerprint density at radius 3 is 2.93 bits per heavy atom. The van der Waals surface area contributed by atoms with Crippen LogP contribution in [0, 0.1) is 0 Å². The van der Waals surface area contributed by atoms with Crippen LogP contribution in [-0.2, 0) is 11.3 Å². The van der Waals surface area contributed by atoms with Gasteiger partial charge in [0.25, 0.3) is 0 Å². The second-order valence-corrected chi connectivity index (χ2v) is 4.25. The molecule has 3 nitrogen and oxygen atoms in total. The molecule has 0 fully saturated rings. The fourth-order valence-electron chi connectivity index (χ4n) is 1.05. The van der Waals surface area contributed by atoms with E-state index in [1.54, 1.807) is 17.4 Å². The van der Waals surface area contributed by atoms with E-state index in [4.69, 9.17) is 5.11 Å². The Morgan fingerprint density at radius 1 is 1.64 bits per heavy atom. The van der Waals surface area contributed by atoms with Gasteiger partial charge in [-0.3, -0.25) is 0 Å². The summed E-state index contributed by atoms with van der Waals surface area (Å²) in [6.07, 6.45) is 2.76. The van der Waals surface area contributed by atoms with E-state index in [9.17, 15) is 4.79 Å². The molecule has 0 unspecified atom stereocenters. The molecule has 0 saturated carbocycles. The zero-order valence-electron chi connectivity index (χ0n) is 8.23. The van der Waals surface area contributed by atoms with Crippen LogP contribution in [0.4, 0.5) is 0 Å². The molecule has 1 heterocycles. The molecule has 1 rings (SSSR count). The van der Waals surface area contributed by atoms with Gasteiger partial charge < -0.3 is 10.0 Å². The topological polar surface area (TPSA) is 40.5 Å². The number of carboxylic acid groups (broad SMARTS) is 1. The van der Waals surface area contributed by atoms with Gasteiger partial charge >= 0.3 is 5.97 Å². The predicted octanol–water partition coefficient (Wildman–Crippen LogP) is 1.91. The van der Waals surface area contributed by atoms with Crippen molar-refractivity contribution in [2.75, 3.05) is 14.1 Å². The van der Waals surface area contributed by atoms with Gasteiger partial charge in [0.2, 0.25) is 0 Å². The highest BCUT2D eigenvalue weighted by Gasteiger charge is 1.99. The molecule has 0 aliphatic rings. The molecule has 0 spiro atoms. The summed E-state index contributed by atoms with van der Waals surface area (Å²) in [5.41, 5.74) is 0.953. The SMILES string of the molecule is CN(C)Cc1cc(C=CC(=O)O)cs1. The summed E-state index contributed by atoms with van der Waals surface area (Å²) >= 11 is 1.64. The van der Waals surface area contributed by atoms with Gasteiger partial charge in [-0.05, 0) is 37.2 Å².